The minimum atomic E-state index is -0.160. The van der Waals surface area contributed by atoms with Crippen molar-refractivity contribution in [3.63, 3.8) is 0 Å². The lowest BCUT2D eigenvalue weighted by Gasteiger charge is -2.05. The Morgan fingerprint density at radius 3 is 2.71 bits per heavy atom. The molecule has 0 spiro atoms. The third-order valence-electron chi connectivity index (χ3n) is 3.71. The van der Waals surface area contributed by atoms with Crippen molar-refractivity contribution in [3.8, 4) is 11.5 Å². The van der Waals surface area contributed by atoms with Crippen LogP contribution in [0, 0.1) is 13.8 Å². The van der Waals surface area contributed by atoms with Crippen molar-refractivity contribution >= 4 is 5.91 Å². The monoisotopic (exact) mass is 322 g/mol. The van der Waals surface area contributed by atoms with Gasteiger partial charge in [-0.3, -0.25) is 4.79 Å². The molecule has 1 aromatic carbocycles. The van der Waals surface area contributed by atoms with E-state index in [1.165, 1.54) is 6.20 Å². The lowest BCUT2D eigenvalue weighted by atomic mass is 10.2. The summed E-state index contributed by atoms with van der Waals surface area (Å²) in [5.41, 5.74) is 2.93. The van der Waals surface area contributed by atoms with E-state index in [-0.39, 0.29) is 5.91 Å². The zero-order valence-electron chi connectivity index (χ0n) is 13.6. The third-order valence-corrected chi connectivity index (χ3v) is 3.71. The van der Waals surface area contributed by atoms with Crippen molar-refractivity contribution in [2.24, 2.45) is 0 Å². The first-order valence-corrected chi connectivity index (χ1v) is 7.73. The number of nitrogens with zero attached hydrogens (tertiary/aromatic N) is 3. The Bertz CT molecular complexity index is 843. The van der Waals surface area contributed by atoms with E-state index in [0.29, 0.717) is 30.1 Å². The molecule has 0 aliphatic rings. The molecule has 0 atom stereocenters. The highest BCUT2D eigenvalue weighted by Gasteiger charge is 2.13. The van der Waals surface area contributed by atoms with Crippen molar-refractivity contribution < 1.29 is 9.21 Å². The predicted molar refractivity (Wildman–Crippen MR) is 89.5 cm³/mol. The van der Waals surface area contributed by atoms with Gasteiger partial charge in [0.15, 0.2) is 0 Å². The van der Waals surface area contributed by atoms with E-state index >= 15 is 0 Å². The molecule has 3 rings (SSSR count). The average molecular weight is 322 g/mol. The fourth-order valence-electron chi connectivity index (χ4n) is 2.40. The van der Waals surface area contributed by atoms with Crippen LogP contribution in [0.5, 0.6) is 0 Å². The molecular formula is C18H18N4O2. The van der Waals surface area contributed by atoms with Gasteiger partial charge in [-0.1, -0.05) is 18.2 Å². The fourth-order valence-corrected chi connectivity index (χ4v) is 2.40. The Hall–Kier alpha value is -3.02. The number of benzene rings is 1. The SMILES string of the molecule is Cc1nnccc1C(=O)NCCc1nc(-c2ccccc2)oc1C. The summed E-state index contributed by atoms with van der Waals surface area (Å²) in [6.45, 7) is 4.12. The van der Waals surface area contributed by atoms with Gasteiger partial charge in [-0.25, -0.2) is 4.98 Å². The molecule has 3 aromatic rings. The minimum Gasteiger partial charge on any atom is -0.441 e. The van der Waals surface area contributed by atoms with Crippen molar-refractivity contribution in [2.45, 2.75) is 20.3 Å². The van der Waals surface area contributed by atoms with Gasteiger partial charge in [0, 0.05) is 18.5 Å². The van der Waals surface area contributed by atoms with Crippen molar-refractivity contribution in [1.82, 2.24) is 20.5 Å². The number of nitrogens with one attached hydrogen (secondary N) is 1. The highest BCUT2D eigenvalue weighted by atomic mass is 16.4. The number of hydrogen-bond donors (Lipinski definition) is 1. The van der Waals surface area contributed by atoms with E-state index in [1.807, 2.05) is 37.3 Å². The first kappa shape index (κ1) is 15.9. The summed E-state index contributed by atoms with van der Waals surface area (Å²) in [5.74, 6) is 1.21. The normalized spacial score (nSPS) is 10.6. The first-order valence-electron chi connectivity index (χ1n) is 7.73. The molecule has 2 heterocycles. The van der Waals surface area contributed by atoms with Gasteiger partial charge in [0.05, 0.1) is 23.1 Å². The summed E-state index contributed by atoms with van der Waals surface area (Å²) in [5, 5.41) is 10.5. The maximum atomic E-state index is 12.1. The van der Waals surface area contributed by atoms with Crippen LogP contribution in [0.25, 0.3) is 11.5 Å². The Balaban J connectivity index is 1.62. The quantitative estimate of drug-likeness (QED) is 0.781. The van der Waals surface area contributed by atoms with E-state index in [2.05, 4.69) is 20.5 Å². The molecular weight excluding hydrogens is 304 g/mol. The zero-order chi connectivity index (χ0) is 16.9. The predicted octanol–water partition coefficient (Wildman–Crippen LogP) is 2.72. The minimum absolute atomic E-state index is 0.160. The summed E-state index contributed by atoms with van der Waals surface area (Å²) in [7, 11) is 0. The van der Waals surface area contributed by atoms with Gasteiger partial charge in [-0.2, -0.15) is 10.2 Å². The molecule has 24 heavy (non-hydrogen) atoms. The van der Waals surface area contributed by atoms with E-state index in [4.69, 9.17) is 4.42 Å². The van der Waals surface area contributed by atoms with E-state index in [1.54, 1.807) is 13.0 Å². The van der Waals surface area contributed by atoms with Crippen molar-refractivity contribution in [2.75, 3.05) is 6.54 Å². The lowest BCUT2D eigenvalue weighted by Crippen LogP contribution is -2.27. The molecule has 0 bridgehead atoms. The van der Waals surface area contributed by atoms with Crippen LogP contribution in [-0.4, -0.2) is 27.6 Å². The smallest absolute Gasteiger partial charge is 0.253 e. The van der Waals surface area contributed by atoms with Crippen LogP contribution in [0.3, 0.4) is 0 Å². The average Bonchev–Trinajstić information content (AvgIpc) is 2.97. The Morgan fingerprint density at radius 2 is 1.96 bits per heavy atom. The molecule has 0 saturated carbocycles. The van der Waals surface area contributed by atoms with Crippen molar-refractivity contribution in [3.05, 3.63) is 65.3 Å². The van der Waals surface area contributed by atoms with Gasteiger partial charge in [0.25, 0.3) is 5.91 Å². The topological polar surface area (TPSA) is 80.9 Å². The Morgan fingerprint density at radius 1 is 1.17 bits per heavy atom. The maximum absolute atomic E-state index is 12.1. The molecule has 2 aromatic heterocycles. The largest absolute Gasteiger partial charge is 0.441 e. The summed E-state index contributed by atoms with van der Waals surface area (Å²) >= 11 is 0. The van der Waals surface area contributed by atoms with Gasteiger partial charge in [0.2, 0.25) is 5.89 Å². The van der Waals surface area contributed by atoms with Crippen LogP contribution in [-0.2, 0) is 6.42 Å². The molecule has 122 valence electrons. The number of aromatic nitrogens is 3. The summed E-state index contributed by atoms with van der Waals surface area (Å²) < 4.78 is 5.72. The van der Waals surface area contributed by atoms with Crippen LogP contribution >= 0.6 is 0 Å². The fraction of sp³-hybridized carbons (Fsp3) is 0.222. The molecule has 1 N–H and O–H groups in total. The van der Waals surface area contributed by atoms with Gasteiger partial charge < -0.3 is 9.73 Å². The van der Waals surface area contributed by atoms with Crippen LogP contribution < -0.4 is 5.32 Å². The van der Waals surface area contributed by atoms with Gasteiger partial charge in [0.1, 0.15) is 5.76 Å². The zero-order valence-corrected chi connectivity index (χ0v) is 13.6. The van der Waals surface area contributed by atoms with E-state index < -0.39 is 0 Å². The molecule has 0 unspecified atom stereocenters. The second kappa shape index (κ2) is 7.04. The van der Waals surface area contributed by atoms with Crippen LogP contribution in [0.15, 0.2) is 47.0 Å². The number of carbonyl (C=O) groups excluding carboxylic acids is 1. The van der Waals surface area contributed by atoms with Gasteiger partial charge >= 0.3 is 0 Å². The molecule has 0 aliphatic carbocycles. The Labute approximate surface area is 140 Å². The first-order chi connectivity index (χ1) is 11.6. The number of carbonyl (C=O) groups is 1. The number of aryl methyl sites for hydroxylation is 2. The molecule has 0 radical (unpaired) electrons. The third kappa shape index (κ3) is 3.48. The maximum Gasteiger partial charge on any atom is 0.253 e. The van der Waals surface area contributed by atoms with Crippen LogP contribution in [0.2, 0.25) is 0 Å². The van der Waals surface area contributed by atoms with E-state index in [9.17, 15) is 4.79 Å². The van der Waals surface area contributed by atoms with Crippen molar-refractivity contribution in [1.29, 1.82) is 0 Å². The van der Waals surface area contributed by atoms with Crippen LogP contribution in [0.1, 0.15) is 27.5 Å². The Kier molecular flexibility index (Phi) is 4.65. The van der Waals surface area contributed by atoms with Crippen LogP contribution in [0.4, 0.5) is 0 Å². The molecule has 1 amide bonds. The summed E-state index contributed by atoms with van der Waals surface area (Å²) in [4.78, 5) is 16.7. The number of hydrogen-bond acceptors (Lipinski definition) is 5. The highest BCUT2D eigenvalue weighted by Crippen LogP contribution is 2.21. The molecule has 6 heteroatoms. The van der Waals surface area contributed by atoms with E-state index in [0.717, 1.165) is 17.0 Å². The molecule has 0 aliphatic heterocycles. The summed E-state index contributed by atoms with van der Waals surface area (Å²) in [6, 6.07) is 11.4. The number of rotatable bonds is 5. The second-order valence-electron chi connectivity index (χ2n) is 5.42. The van der Waals surface area contributed by atoms with Gasteiger partial charge in [-0.15, -0.1) is 0 Å². The molecule has 0 saturated heterocycles. The molecule has 6 nitrogen and oxygen atoms in total. The standard InChI is InChI=1S/C18H18N4O2/c1-12-15(8-11-20-22-12)17(23)19-10-9-16-13(2)24-18(21-16)14-6-4-3-5-7-14/h3-8,11H,9-10H2,1-2H3,(H,19,23). The number of amides is 1. The van der Waals surface area contributed by atoms with Gasteiger partial charge in [-0.05, 0) is 32.0 Å². The lowest BCUT2D eigenvalue weighted by molar-refractivity contribution is 0.0952. The number of oxazole rings is 1. The molecule has 0 fully saturated rings. The second-order valence-corrected chi connectivity index (χ2v) is 5.42. The summed E-state index contributed by atoms with van der Waals surface area (Å²) in [6.07, 6.45) is 2.11. The highest BCUT2D eigenvalue weighted by molar-refractivity contribution is 5.94.